The van der Waals surface area contributed by atoms with Crippen molar-refractivity contribution in [2.24, 2.45) is 0 Å². The molecule has 11 rings (SSSR count). The van der Waals surface area contributed by atoms with Gasteiger partial charge in [0.2, 0.25) is 0 Å². The molecule has 0 radical (unpaired) electrons. The lowest BCUT2D eigenvalue weighted by molar-refractivity contribution is 1.18. The molecule has 0 saturated carbocycles. The topological polar surface area (TPSA) is 17.0 Å². The molecular formula is C54H36N2S. The van der Waals surface area contributed by atoms with Gasteiger partial charge in [0.15, 0.2) is 0 Å². The second-order valence-electron chi connectivity index (χ2n) is 14.6. The van der Waals surface area contributed by atoms with Crippen LogP contribution in [0.4, 0.5) is 11.4 Å². The summed E-state index contributed by atoms with van der Waals surface area (Å²) in [7, 11) is 0. The Labute approximate surface area is 335 Å². The van der Waals surface area contributed by atoms with Crippen LogP contribution < -0.4 is 5.32 Å². The Morgan fingerprint density at radius 3 is 1.75 bits per heavy atom. The zero-order valence-corrected chi connectivity index (χ0v) is 31.9. The second-order valence-corrected chi connectivity index (χ2v) is 15.7. The number of rotatable bonds is 7. The molecule has 2 aromatic heterocycles. The van der Waals surface area contributed by atoms with Crippen LogP contribution in [0.5, 0.6) is 0 Å². The second kappa shape index (κ2) is 13.8. The molecule has 0 spiro atoms. The standard InChI is InChI=1S/C54H36N2S/c1-3-13-36(14-4-1)38-25-28-43(29-26-38)55-50-23-9-7-21-45(50)42-19-11-17-39(31-42)41-27-30-51-47(33-41)48-34-49-46-22-8-10-24-53(46)57-54(49)35-52(48)56(51)44-20-12-18-40(32-44)37-15-5-2-6-16-37/h1-35,55H. The number of benzene rings is 9. The number of nitrogens with zero attached hydrogens (tertiary/aromatic N) is 1. The summed E-state index contributed by atoms with van der Waals surface area (Å²) >= 11 is 1.87. The Balaban J connectivity index is 1.02. The number of fused-ring (bicyclic) bond motifs is 6. The summed E-state index contributed by atoms with van der Waals surface area (Å²) in [5.41, 5.74) is 15.3. The SMILES string of the molecule is c1ccc(-c2ccc(Nc3ccccc3-c3cccc(-c4ccc5c(c4)c4cc6c(cc4n5-c4cccc(-c5ccccc5)c4)sc4ccccc46)c3)cc2)cc1. The highest BCUT2D eigenvalue weighted by atomic mass is 32.1. The van der Waals surface area contributed by atoms with Crippen LogP contribution in [0.15, 0.2) is 212 Å². The maximum atomic E-state index is 3.71. The van der Waals surface area contributed by atoms with Crippen molar-refractivity contribution < 1.29 is 0 Å². The van der Waals surface area contributed by atoms with E-state index in [1.165, 1.54) is 80.9 Å². The van der Waals surface area contributed by atoms with Crippen LogP contribution in [0.1, 0.15) is 0 Å². The van der Waals surface area contributed by atoms with Gasteiger partial charge in [-0.25, -0.2) is 0 Å². The molecule has 0 atom stereocenters. The molecule has 2 heterocycles. The third-order valence-corrected chi connectivity index (χ3v) is 12.3. The summed E-state index contributed by atoms with van der Waals surface area (Å²) in [5, 5.41) is 8.84. The van der Waals surface area contributed by atoms with E-state index < -0.39 is 0 Å². The molecule has 1 N–H and O–H groups in total. The van der Waals surface area contributed by atoms with Gasteiger partial charge in [0, 0.05) is 53.6 Å². The Bertz CT molecular complexity index is 3250. The van der Waals surface area contributed by atoms with Crippen LogP contribution in [-0.2, 0) is 0 Å². The van der Waals surface area contributed by atoms with E-state index in [-0.39, 0.29) is 0 Å². The fourth-order valence-corrected chi connectivity index (χ4v) is 9.51. The van der Waals surface area contributed by atoms with Crippen LogP contribution >= 0.6 is 11.3 Å². The van der Waals surface area contributed by atoms with Crippen molar-refractivity contribution in [2.75, 3.05) is 5.32 Å². The van der Waals surface area contributed by atoms with Crippen molar-refractivity contribution in [3.63, 3.8) is 0 Å². The third-order valence-electron chi connectivity index (χ3n) is 11.2. The van der Waals surface area contributed by atoms with Gasteiger partial charge in [-0.15, -0.1) is 11.3 Å². The summed E-state index contributed by atoms with van der Waals surface area (Å²) in [4.78, 5) is 0. The number of anilines is 2. The van der Waals surface area contributed by atoms with Crippen molar-refractivity contribution >= 4 is 64.7 Å². The molecule has 0 aliphatic carbocycles. The van der Waals surface area contributed by atoms with Crippen LogP contribution in [0.3, 0.4) is 0 Å². The summed E-state index contributed by atoms with van der Waals surface area (Å²) in [6, 6.07) is 76.9. The molecule has 2 nitrogen and oxygen atoms in total. The van der Waals surface area contributed by atoms with Gasteiger partial charge in [-0.05, 0) is 106 Å². The number of thiophene rings is 1. The van der Waals surface area contributed by atoms with Gasteiger partial charge >= 0.3 is 0 Å². The minimum Gasteiger partial charge on any atom is -0.355 e. The van der Waals surface area contributed by atoms with E-state index in [1.54, 1.807) is 0 Å². The fraction of sp³-hybridized carbons (Fsp3) is 0. The van der Waals surface area contributed by atoms with Gasteiger partial charge in [-0.3, -0.25) is 0 Å². The minimum absolute atomic E-state index is 1.06. The van der Waals surface area contributed by atoms with E-state index in [9.17, 15) is 0 Å². The van der Waals surface area contributed by atoms with Gasteiger partial charge in [0.1, 0.15) is 0 Å². The predicted octanol–water partition coefficient (Wildman–Crippen LogP) is 15.6. The maximum absolute atomic E-state index is 3.71. The van der Waals surface area contributed by atoms with Crippen LogP contribution in [0.2, 0.25) is 0 Å². The molecule has 0 saturated heterocycles. The van der Waals surface area contributed by atoms with E-state index >= 15 is 0 Å². The first kappa shape index (κ1) is 33.2. The average Bonchev–Trinajstić information content (AvgIpc) is 3.81. The number of hydrogen-bond acceptors (Lipinski definition) is 2. The largest absolute Gasteiger partial charge is 0.355 e. The number of para-hydroxylation sites is 1. The average molecular weight is 745 g/mol. The number of hydrogen-bond donors (Lipinski definition) is 1. The quantitative estimate of drug-likeness (QED) is 0.172. The summed E-state index contributed by atoms with van der Waals surface area (Å²) in [5.74, 6) is 0. The summed E-state index contributed by atoms with van der Waals surface area (Å²) in [6.07, 6.45) is 0. The molecule has 11 aromatic rings. The van der Waals surface area contributed by atoms with E-state index in [1.807, 2.05) is 11.3 Å². The molecular weight excluding hydrogens is 709 g/mol. The molecule has 0 fully saturated rings. The molecule has 3 heteroatoms. The van der Waals surface area contributed by atoms with Gasteiger partial charge in [0.05, 0.1) is 11.0 Å². The van der Waals surface area contributed by atoms with E-state index in [0.717, 1.165) is 22.6 Å². The molecule has 0 unspecified atom stereocenters. The molecule has 57 heavy (non-hydrogen) atoms. The highest BCUT2D eigenvalue weighted by Gasteiger charge is 2.17. The lowest BCUT2D eigenvalue weighted by atomic mass is 9.97. The molecule has 0 bridgehead atoms. The lowest BCUT2D eigenvalue weighted by Gasteiger charge is -2.14. The van der Waals surface area contributed by atoms with E-state index in [4.69, 9.17) is 0 Å². The molecule has 0 aliphatic rings. The molecule has 9 aromatic carbocycles. The van der Waals surface area contributed by atoms with Crippen molar-refractivity contribution in [2.45, 2.75) is 0 Å². The highest BCUT2D eigenvalue weighted by Crippen LogP contribution is 2.42. The number of aromatic nitrogens is 1. The third kappa shape index (κ3) is 5.97. The zero-order chi connectivity index (χ0) is 37.7. The molecule has 0 aliphatic heterocycles. The zero-order valence-electron chi connectivity index (χ0n) is 31.1. The van der Waals surface area contributed by atoms with Crippen LogP contribution in [0.25, 0.3) is 92.2 Å². The molecule has 0 amide bonds. The van der Waals surface area contributed by atoms with Gasteiger partial charge in [-0.2, -0.15) is 0 Å². The smallest absolute Gasteiger partial charge is 0.0555 e. The van der Waals surface area contributed by atoms with Crippen molar-refractivity contribution in [3.05, 3.63) is 212 Å². The predicted molar refractivity (Wildman–Crippen MR) is 245 cm³/mol. The fourth-order valence-electron chi connectivity index (χ4n) is 8.39. The van der Waals surface area contributed by atoms with Gasteiger partial charge in [0.25, 0.3) is 0 Å². The Morgan fingerprint density at radius 1 is 0.333 bits per heavy atom. The van der Waals surface area contributed by atoms with E-state index in [0.29, 0.717) is 0 Å². The lowest BCUT2D eigenvalue weighted by Crippen LogP contribution is -1.94. The monoisotopic (exact) mass is 744 g/mol. The van der Waals surface area contributed by atoms with Crippen molar-refractivity contribution in [1.29, 1.82) is 0 Å². The minimum atomic E-state index is 1.06. The Morgan fingerprint density at radius 2 is 0.930 bits per heavy atom. The Hall–Kier alpha value is -7.20. The maximum Gasteiger partial charge on any atom is 0.0555 e. The Kier molecular flexibility index (Phi) is 8.04. The van der Waals surface area contributed by atoms with Crippen molar-refractivity contribution in [1.82, 2.24) is 4.57 Å². The molecule has 268 valence electrons. The van der Waals surface area contributed by atoms with Crippen molar-refractivity contribution in [3.8, 4) is 50.2 Å². The first-order chi connectivity index (χ1) is 28.2. The highest BCUT2D eigenvalue weighted by molar-refractivity contribution is 7.25. The van der Waals surface area contributed by atoms with Gasteiger partial charge in [-0.1, -0.05) is 146 Å². The summed E-state index contributed by atoms with van der Waals surface area (Å²) < 4.78 is 5.08. The first-order valence-corrected chi connectivity index (χ1v) is 20.2. The van der Waals surface area contributed by atoms with Gasteiger partial charge < -0.3 is 9.88 Å². The first-order valence-electron chi connectivity index (χ1n) is 19.4. The summed E-state index contributed by atoms with van der Waals surface area (Å²) in [6.45, 7) is 0. The normalized spacial score (nSPS) is 11.5. The number of nitrogens with one attached hydrogen (secondary N) is 1. The van der Waals surface area contributed by atoms with E-state index in [2.05, 4.69) is 222 Å². The van der Waals surface area contributed by atoms with Crippen LogP contribution in [-0.4, -0.2) is 4.57 Å². The van der Waals surface area contributed by atoms with Crippen LogP contribution in [0, 0.1) is 0 Å².